The molecule has 14 heavy (non-hydrogen) atoms. The molecule has 0 aliphatic heterocycles. The molecule has 0 spiro atoms. The van der Waals surface area contributed by atoms with E-state index in [0.717, 1.165) is 19.3 Å². The molecule has 1 unspecified atom stereocenters. The minimum absolute atomic E-state index is 0.0292. The second kappa shape index (κ2) is 4.12. The molecule has 0 aromatic heterocycles. The highest BCUT2D eigenvalue weighted by molar-refractivity contribution is 5.26. The molecule has 0 N–H and O–H groups in total. The predicted octanol–water partition coefficient (Wildman–Crippen LogP) is 4.31. The molecule has 2 rings (SSSR count). The predicted molar refractivity (Wildman–Crippen MR) is 57.6 cm³/mol. The highest BCUT2D eigenvalue weighted by Crippen LogP contribution is 2.34. The van der Waals surface area contributed by atoms with Crippen LogP contribution in [-0.2, 0) is 0 Å². The quantitative estimate of drug-likeness (QED) is 0.543. The summed E-state index contributed by atoms with van der Waals surface area (Å²) < 4.78 is 13.1. The normalized spacial score (nSPS) is 27.9. The Morgan fingerprint density at radius 1 is 1.29 bits per heavy atom. The fourth-order valence-corrected chi connectivity index (χ4v) is 2.43. The van der Waals surface area contributed by atoms with E-state index < -0.39 is 0 Å². The molecule has 0 aromatic rings. The van der Waals surface area contributed by atoms with Gasteiger partial charge in [0.15, 0.2) is 0 Å². The van der Waals surface area contributed by atoms with Gasteiger partial charge in [-0.3, -0.25) is 0 Å². The fourth-order valence-electron chi connectivity index (χ4n) is 2.43. The molecule has 0 radical (unpaired) electrons. The van der Waals surface area contributed by atoms with Gasteiger partial charge in [-0.2, -0.15) is 0 Å². The SMILES string of the molecule is CC1=CCCC(C2=CC(F)=CCC2)C1. The monoisotopic (exact) mass is 192 g/mol. The Labute approximate surface area is 85.2 Å². The second-order valence-electron chi connectivity index (χ2n) is 4.38. The molecule has 76 valence electrons. The standard InChI is InChI=1S/C13H17F/c1-10-4-2-5-11(8-10)12-6-3-7-13(14)9-12/h4,7,9,11H,2-3,5-6,8H2,1H3. The van der Waals surface area contributed by atoms with Crippen LogP contribution in [0.4, 0.5) is 4.39 Å². The summed E-state index contributed by atoms with van der Waals surface area (Å²) in [5, 5.41) is 0. The first-order chi connectivity index (χ1) is 6.75. The number of allylic oxidation sites excluding steroid dienone is 6. The van der Waals surface area contributed by atoms with E-state index in [4.69, 9.17) is 0 Å². The molecule has 0 saturated heterocycles. The summed E-state index contributed by atoms with van der Waals surface area (Å²) in [4.78, 5) is 0. The number of halogens is 1. The number of rotatable bonds is 1. The van der Waals surface area contributed by atoms with Gasteiger partial charge in [-0.05, 0) is 57.1 Å². The lowest BCUT2D eigenvalue weighted by Crippen LogP contribution is -2.10. The summed E-state index contributed by atoms with van der Waals surface area (Å²) in [5.74, 6) is 0.581. The van der Waals surface area contributed by atoms with Gasteiger partial charge in [0.2, 0.25) is 0 Å². The molecule has 0 amide bonds. The molecule has 0 bridgehead atoms. The Morgan fingerprint density at radius 3 is 2.86 bits per heavy atom. The molecular formula is C13H17F. The highest BCUT2D eigenvalue weighted by atomic mass is 19.1. The third-order valence-corrected chi connectivity index (χ3v) is 3.20. The lowest BCUT2D eigenvalue weighted by atomic mass is 9.81. The maximum Gasteiger partial charge on any atom is 0.119 e. The van der Waals surface area contributed by atoms with Crippen LogP contribution in [-0.4, -0.2) is 0 Å². The summed E-state index contributed by atoms with van der Waals surface area (Å²) in [7, 11) is 0. The first-order valence-corrected chi connectivity index (χ1v) is 5.47. The second-order valence-corrected chi connectivity index (χ2v) is 4.38. The Hall–Kier alpha value is -0.850. The van der Waals surface area contributed by atoms with Gasteiger partial charge in [-0.25, -0.2) is 4.39 Å². The molecule has 1 heteroatoms. The van der Waals surface area contributed by atoms with Crippen LogP contribution in [0.25, 0.3) is 0 Å². The molecule has 1 atom stereocenters. The van der Waals surface area contributed by atoms with Crippen LogP contribution in [0.3, 0.4) is 0 Å². The van der Waals surface area contributed by atoms with Crippen molar-refractivity contribution in [2.75, 3.05) is 0 Å². The van der Waals surface area contributed by atoms with Crippen molar-refractivity contribution in [1.82, 2.24) is 0 Å². The zero-order valence-corrected chi connectivity index (χ0v) is 8.72. The summed E-state index contributed by atoms with van der Waals surface area (Å²) >= 11 is 0. The van der Waals surface area contributed by atoms with Gasteiger partial charge in [0.05, 0.1) is 0 Å². The van der Waals surface area contributed by atoms with Crippen molar-refractivity contribution in [3.63, 3.8) is 0 Å². The summed E-state index contributed by atoms with van der Waals surface area (Å²) in [5.41, 5.74) is 2.80. The number of hydrogen-bond donors (Lipinski definition) is 0. The lowest BCUT2D eigenvalue weighted by molar-refractivity contribution is 0.508. The Bertz CT molecular complexity index is 307. The van der Waals surface area contributed by atoms with E-state index in [0.29, 0.717) is 5.92 Å². The van der Waals surface area contributed by atoms with Gasteiger partial charge in [-0.15, -0.1) is 0 Å². The van der Waals surface area contributed by atoms with E-state index in [2.05, 4.69) is 13.0 Å². The van der Waals surface area contributed by atoms with Crippen molar-refractivity contribution >= 4 is 0 Å². The van der Waals surface area contributed by atoms with Crippen molar-refractivity contribution < 1.29 is 4.39 Å². The van der Waals surface area contributed by atoms with Crippen LogP contribution >= 0.6 is 0 Å². The topological polar surface area (TPSA) is 0 Å². The summed E-state index contributed by atoms with van der Waals surface area (Å²) in [6.07, 6.45) is 11.2. The molecule has 2 aliphatic rings. The lowest BCUT2D eigenvalue weighted by Gasteiger charge is -2.25. The van der Waals surface area contributed by atoms with Gasteiger partial charge >= 0.3 is 0 Å². The van der Waals surface area contributed by atoms with Crippen LogP contribution in [0.1, 0.15) is 39.0 Å². The van der Waals surface area contributed by atoms with Crippen molar-refractivity contribution in [3.8, 4) is 0 Å². The van der Waals surface area contributed by atoms with E-state index in [9.17, 15) is 4.39 Å². The van der Waals surface area contributed by atoms with Crippen molar-refractivity contribution in [3.05, 3.63) is 35.2 Å². The Kier molecular flexibility index (Phi) is 2.85. The zero-order valence-electron chi connectivity index (χ0n) is 8.72. The van der Waals surface area contributed by atoms with E-state index in [-0.39, 0.29) is 5.83 Å². The van der Waals surface area contributed by atoms with Crippen molar-refractivity contribution in [2.24, 2.45) is 5.92 Å². The van der Waals surface area contributed by atoms with E-state index in [1.807, 2.05) is 0 Å². The zero-order chi connectivity index (χ0) is 9.97. The van der Waals surface area contributed by atoms with Gasteiger partial charge < -0.3 is 0 Å². The van der Waals surface area contributed by atoms with Crippen molar-refractivity contribution in [2.45, 2.75) is 39.0 Å². The third-order valence-electron chi connectivity index (χ3n) is 3.20. The fraction of sp³-hybridized carbons (Fsp3) is 0.538. The van der Waals surface area contributed by atoms with Crippen LogP contribution in [0.15, 0.2) is 35.2 Å². The van der Waals surface area contributed by atoms with Crippen LogP contribution in [0.5, 0.6) is 0 Å². The van der Waals surface area contributed by atoms with E-state index in [1.165, 1.54) is 24.0 Å². The van der Waals surface area contributed by atoms with Crippen LogP contribution < -0.4 is 0 Å². The molecule has 0 heterocycles. The minimum atomic E-state index is -0.0292. The largest absolute Gasteiger partial charge is 0.207 e. The molecule has 0 aromatic carbocycles. The Balaban J connectivity index is 2.09. The van der Waals surface area contributed by atoms with Crippen molar-refractivity contribution in [1.29, 1.82) is 0 Å². The molecular weight excluding hydrogens is 175 g/mol. The highest BCUT2D eigenvalue weighted by Gasteiger charge is 2.19. The maximum absolute atomic E-state index is 13.1. The average molecular weight is 192 g/mol. The Morgan fingerprint density at radius 2 is 2.14 bits per heavy atom. The molecule has 0 nitrogen and oxygen atoms in total. The molecule has 0 saturated carbocycles. The maximum atomic E-state index is 13.1. The first kappa shape index (κ1) is 9.70. The minimum Gasteiger partial charge on any atom is -0.207 e. The van der Waals surface area contributed by atoms with Gasteiger partial charge in [0.25, 0.3) is 0 Å². The smallest absolute Gasteiger partial charge is 0.119 e. The molecule has 2 aliphatic carbocycles. The number of hydrogen-bond acceptors (Lipinski definition) is 0. The summed E-state index contributed by atoms with van der Waals surface area (Å²) in [6.45, 7) is 2.18. The average Bonchev–Trinajstić information content (AvgIpc) is 2.18. The van der Waals surface area contributed by atoms with Gasteiger partial charge in [0.1, 0.15) is 5.83 Å². The third kappa shape index (κ3) is 2.14. The first-order valence-electron chi connectivity index (χ1n) is 5.47. The van der Waals surface area contributed by atoms with Crippen LogP contribution in [0.2, 0.25) is 0 Å². The van der Waals surface area contributed by atoms with Gasteiger partial charge in [-0.1, -0.05) is 17.2 Å². The van der Waals surface area contributed by atoms with Crippen LogP contribution in [0, 0.1) is 5.92 Å². The summed E-state index contributed by atoms with van der Waals surface area (Å²) in [6, 6.07) is 0. The van der Waals surface area contributed by atoms with Gasteiger partial charge in [0, 0.05) is 0 Å². The molecule has 0 fully saturated rings. The van der Waals surface area contributed by atoms with E-state index >= 15 is 0 Å². The van der Waals surface area contributed by atoms with E-state index in [1.54, 1.807) is 12.2 Å².